The van der Waals surface area contributed by atoms with Crippen LogP contribution in [0.3, 0.4) is 0 Å². The van der Waals surface area contributed by atoms with Gasteiger partial charge in [-0.1, -0.05) is 51.1 Å². The molecule has 1 N–H and O–H groups in total. The van der Waals surface area contributed by atoms with Crippen molar-refractivity contribution in [1.29, 1.82) is 0 Å². The van der Waals surface area contributed by atoms with E-state index in [1.165, 1.54) is 11.1 Å². The lowest BCUT2D eigenvalue weighted by Crippen LogP contribution is -2.40. The van der Waals surface area contributed by atoms with Gasteiger partial charge in [-0.3, -0.25) is 0 Å². The predicted octanol–water partition coefficient (Wildman–Crippen LogP) is 6.66. The van der Waals surface area contributed by atoms with Crippen LogP contribution in [-0.4, -0.2) is 17.3 Å². The smallest absolute Gasteiger partial charge is 0.192 e. The molecule has 0 saturated carbocycles. The Morgan fingerprint density at radius 2 is 1.86 bits per heavy atom. The molecule has 1 aromatic carbocycles. The quantitative estimate of drug-likeness (QED) is 0.260. The molecule has 0 unspecified atom stereocenters. The molecule has 1 aromatic rings. The van der Waals surface area contributed by atoms with Crippen LogP contribution >= 0.6 is 0 Å². The van der Waals surface area contributed by atoms with Gasteiger partial charge in [0.2, 0.25) is 0 Å². The van der Waals surface area contributed by atoms with Gasteiger partial charge in [-0.05, 0) is 69.3 Å². The van der Waals surface area contributed by atoms with E-state index in [1.54, 1.807) is 0 Å². The maximum atomic E-state index is 12.7. The molecule has 0 aliphatic carbocycles. The molecule has 0 aromatic heterocycles. The average molecular weight is 424 g/mol. The van der Waals surface area contributed by atoms with E-state index in [9.17, 15) is 4.21 Å². The SMILES string of the molecule is C=CCCC[C@@H](N[S@@](=O)C(C)(C)C)c1cccc(CO[Si](C)(C)C(C)(C)C)c1. The van der Waals surface area contributed by atoms with Crippen molar-refractivity contribution in [3.63, 3.8) is 0 Å². The maximum Gasteiger partial charge on any atom is 0.192 e. The van der Waals surface area contributed by atoms with Gasteiger partial charge in [-0.25, -0.2) is 8.93 Å². The molecule has 0 spiro atoms. The van der Waals surface area contributed by atoms with Gasteiger partial charge in [0.1, 0.15) is 0 Å². The first kappa shape index (κ1) is 25.3. The van der Waals surface area contributed by atoms with Gasteiger partial charge in [-0.2, -0.15) is 0 Å². The zero-order chi connectivity index (χ0) is 21.6. The molecule has 1 rings (SSSR count). The third-order valence-electron chi connectivity index (χ3n) is 5.47. The van der Waals surface area contributed by atoms with Crippen molar-refractivity contribution in [2.75, 3.05) is 0 Å². The Morgan fingerprint density at radius 1 is 1.21 bits per heavy atom. The van der Waals surface area contributed by atoms with Crippen LogP contribution in [0.5, 0.6) is 0 Å². The Balaban J connectivity index is 2.97. The number of unbranched alkanes of at least 4 members (excludes halogenated alkanes) is 1. The molecule has 2 atom stereocenters. The van der Waals surface area contributed by atoms with Crippen molar-refractivity contribution >= 4 is 19.3 Å². The minimum atomic E-state index is -1.78. The van der Waals surface area contributed by atoms with Crippen LogP contribution in [0.4, 0.5) is 0 Å². The zero-order valence-corrected chi connectivity index (χ0v) is 21.0. The summed E-state index contributed by atoms with van der Waals surface area (Å²) in [6.07, 6.45) is 4.86. The highest BCUT2D eigenvalue weighted by Crippen LogP contribution is 2.37. The predicted molar refractivity (Wildman–Crippen MR) is 126 cm³/mol. The molecular weight excluding hydrogens is 382 g/mol. The molecule has 0 fully saturated rings. The standard InChI is InChI=1S/C23H41NO2SSi/c1-10-11-12-16-21(24-27(25)22(2,3)4)20-15-13-14-19(17-20)18-26-28(8,9)23(5,6)7/h10,13-15,17,21,24H,1,11-12,16,18H2,2-9H3/t21-,27+/m1/s1. The highest BCUT2D eigenvalue weighted by molar-refractivity contribution is 7.84. The van der Waals surface area contributed by atoms with Crippen LogP contribution in [0.25, 0.3) is 0 Å². The molecule has 0 aliphatic rings. The van der Waals surface area contributed by atoms with Gasteiger partial charge in [-0.15, -0.1) is 6.58 Å². The first-order valence-electron chi connectivity index (χ1n) is 10.3. The summed E-state index contributed by atoms with van der Waals surface area (Å²) in [6.45, 7) is 21.8. The highest BCUT2D eigenvalue weighted by atomic mass is 32.2. The van der Waals surface area contributed by atoms with Crippen molar-refractivity contribution in [2.24, 2.45) is 0 Å². The van der Waals surface area contributed by atoms with Gasteiger partial charge < -0.3 is 4.43 Å². The average Bonchev–Trinajstić information content (AvgIpc) is 2.57. The molecule has 3 nitrogen and oxygen atoms in total. The number of nitrogens with one attached hydrogen (secondary N) is 1. The molecule has 160 valence electrons. The summed E-state index contributed by atoms with van der Waals surface area (Å²) < 4.78 is 22.2. The van der Waals surface area contributed by atoms with E-state index in [0.717, 1.165) is 19.3 Å². The third-order valence-corrected chi connectivity index (χ3v) is 11.6. The summed E-state index contributed by atoms with van der Waals surface area (Å²) in [5.74, 6) is 0. The Kier molecular flexibility index (Phi) is 9.33. The van der Waals surface area contributed by atoms with Crippen LogP contribution < -0.4 is 4.72 Å². The van der Waals surface area contributed by atoms with Crippen molar-refractivity contribution in [2.45, 2.75) is 96.3 Å². The molecule has 0 aliphatic heterocycles. The highest BCUT2D eigenvalue weighted by Gasteiger charge is 2.37. The molecular formula is C23H41NO2SSi. The molecule has 0 heterocycles. The topological polar surface area (TPSA) is 38.3 Å². The van der Waals surface area contributed by atoms with Crippen molar-refractivity contribution in [3.05, 3.63) is 48.0 Å². The molecule has 5 heteroatoms. The normalized spacial score (nSPS) is 15.3. The Morgan fingerprint density at radius 3 is 2.39 bits per heavy atom. The summed E-state index contributed by atoms with van der Waals surface area (Å²) in [5.41, 5.74) is 2.36. The Labute approximate surface area is 177 Å². The summed E-state index contributed by atoms with van der Waals surface area (Å²) >= 11 is 0. The maximum absolute atomic E-state index is 12.7. The second-order valence-corrected chi connectivity index (χ2v) is 16.9. The van der Waals surface area contributed by atoms with Gasteiger partial charge in [0.25, 0.3) is 0 Å². The number of benzene rings is 1. The molecule has 0 bridgehead atoms. The van der Waals surface area contributed by atoms with Crippen molar-refractivity contribution < 1.29 is 8.63 Å². The molecule has 0 saturated heterocycles. The van der Waals surface area contributed by atoms with Crippen LogP contribution in [0.15, 0.2) is 36.9 Å². The number of hydrogen-bond donors (Lipinski definition) is 1. The summed E-state index contributed by atoms with van der Waals surface area (Å²) in [4.78, 5) is 0. The fraction of sp³-hybridized carbons (Fsp3) is 0.652. The van der Waals surface area contributed by atoms with E-state index in [1.807, 2.05) is 26.8 Å². The van der Waals surface area contributed by atoms with E-state index < -0.39 is 19.3 Å². The first-order chi connectivity index (χ1) is 12.8. The van der Waals surface area contributed by atoms with Crippen LogP contribution in [0.1, 0.15) is 78.0 Å². The van der Waals surface area contributed by atoms with Crippen molar-refractivity contribution in [1.82, 2.24) is 4.72 Å². The van der Waals surface area contributed by atoms with E-state index in [4.69, 9.17) is 4.43 Å². The van der Waals surface area contributed by atoms with E-state index in [2.05, 4.69) is 69.4 Å². The Hall–Kier alpha value is -0.753. The second kappa shape index (κ2) is 10.3. The summed E-state index contributed by atoms with van der Waals surface area (Å²) in [5, 5.41) is 0.197. The Bertz CT molecular complexity index is 659. The second-order valence-electron chi connectivity index (χ2n) is 10.1. The van der Waals surface area contributed by atoms with E-state index in [0.29, 0.717) is 6.61 Å². The summed E-state index contributed by atoms with van der Waals surface area (Å²) in [7, 11) is -2.89. The number of hydrogen-bond acceptors (Lipinski definition) is 2. The minimum Gasteiger partial charge on any atom is -0.413 e. The van der Waals surface area contributed by atoms with Gasteiger partial charge in [0, 0.05) is 6.04 Å². The minimum absolute atomic E-state index is 0.0628. The van der Waals surface area contributed by atoms with Crippen LogP contribution in [0.2, 0.25) is 18.1 Å². The van der Waals surface area contributed by atoms with E-state index in [-0.39, 0.29) is 15.8 Å². The zero-order valence-electron chi connectivity index (χ0n) is 19.2. The lowest BCUT2D eigenvalue weighted by molar-refractivity contribution is 0.276. The van der Waals surface area contributed by atoms with Gasteiger partial charge >= 0.3 is 0 Å². The first-order valence-corrected chi connectivity index (χ1v) is 14.4. The summed E-state index contributed by atoms with van der Waals surface area (Å²) in [6, 6.07) is 8.60. The monoisotopic (exact) mass is 423 g/mol. The number of rotatable bonds is 10. The molecule has 0 amide bonds. The molecule has 28 heavy (non-hydrogen) atoms. The lowest BCUT2D eigenvalue weighted by Gasteiger charge is -2.36. The largest absolute Gasteiger partial charge is 0.413 e. The van der Waals surface area contributed by atoms with Gasteiger partial charge in [0.15, 0.2) is 8.32 Å². The van der Waals surface area contributed by atoms with Gasteiger partial charge in [0.05, 0.1) is 22.3 Å². The van der Waals surface area contributed by atoms with Crippen LogP contribution in [-0.2, 0) is 22.0 Å². The lowest BCUT2D eigenvalue weighted by atomic mass is 10.00. The van der Waals surface area contributed by atoms with E-state index >= 15 is 0 Å². The third kappa shape index (κ3) is 7.94. The van der Waals surface area contributed by atoms with Crippen LogP contribution in [0, 0.1) is 0 Å². The molecule has 0 radical (unpaired) electrons. The number of allylic oxidation sites excluding steroid dienone is 1. The fourth-order valence-electron chi connectivity index (χ4n) is 2.45. The fourth-order valence-corrected chi connectivity index (χ4v) is 4.27. The van der Waals surface area contributed by atoms with Crippen molar-refractivity contribution in [3.8, 4) is 0 Å².